The third-order valence-corrected chi connectivity index (χ3v) is 6.28. The first kappa shape index (κ1) is 27.4. The van der Waals surface area contributed by atoms with E-state index in [9.17, 15) is 23.5 Å². The third-order valence-electron chi connectivity index (χ3n) is 6.03. The Kier molecular flexibility index (Phi) is 8.92. The van der Waals surface area contributed by atoms with Gasteiger partial charge in [0, 0.05) is 57.7 Å². The number of benzene rings is 2. The van der Waals surface area contributed by atoms with Crippen LogP contribution in [0.25, 0.3) is 0 Å². The Hall–Kier alpha value is -3.17. The highest BCUT2D eigenvalue weighted by Gasteiger charge is 2.38. The minimum Gasteiger partial charge on any atom is -0.396 e. The van der Waals surface area contributed by atoms with Crippen LogP contribution < -0.4 is 5.32 Å². The molecule has 0 fully saturated rings. The number of carbonyl (C=O) groups excluding carboxylic acids is 2. The molecule has 0 radical (unpaired) electrons. The standard InChI is InChI=1S/C26H31ClF2N4O3/c1-26(28,29)20-7-4-6-19(14-20)15-22-30-24(32(3)17-35)23(25(36)31(2)12-5-13-34)33(22)16-18-8-10-21(27)11-9-18/h4,6-11,14,17,22,30,34H,5,12-13,15-16H2,1-3H3. The SMILES string of the molecule is CN(C=O)C1=C(C(=O)N(C)CCCO)N(Cc2ccc(Cl)cc2)C(Cc2cccc(C(C)(F)F)c2)N1. The zero-order valence-corrected chi connectivity index (χ0v) is 21.3. The van der Waals surface area contributed by atoms with Crippen molar-refractivity contribution in [3.05, 3.63) is 81.8 Å². The highest BCUT2D eigenvalue weighted by molar-refractivity contribution is 6.30. The molecule has 2 amide bonds. The second-order valence-electron chi connectivity index (χ2n) is 8.92. The molecule has 0 saturated heterocycles. The van der Waals surface area contributed by atoms with E-state index >= 15 is 0 Å². The Morgan fingerprint density at radius 1 is 1.19 bits per heavy atom. The van der Waals surface area contributed by atoms with Crippen LogP contribution in [0.3, 0.4) is 0 Å². The molecule has 7 nitrogen and oxygen atoms in total. The number of likely N-dealkylation sites (N-methyl/N-ethyl adjacent to an activating group) is 1. The Morgan fingerprint density at radius 3 is 2.50 bits per heavy atom. The number of rotatable bonds is 11. The summed E-state index contributed by atoms with van der Waals surface area (Å²) in [5.74, 6) is -2.99. The molecule has 1 aliphatic rings. The molecule has 0 aromatic heterocycles. The van der Waals surface area contributed by atoms with E-state index in [1.165, 1.54) is 29.0 Å². The van der Waals surface area contributed by atoms with E-state index in [1.807, 2.05) is 17.0 Å². The summed E-state index contributed by atoms with van der Waals surface area (Å²) >= 11 is 6.05. The van der Waals surface area contributed by atoms with Gasteiger partial charge in [-0.1, -0.05) is 41.9 Å². The zero-order valence-electron chi connectivity index (χ0n) is 20.5. The Labute approximate surface area is 214 Å². The van der Waals surface area contributed by atoms with E-state index in [0.717, 1.165) is 12.5 Å². The monoisotopic (exact) mass is 520 g/mol. The molecule has 1 heterocycles. The second kappa shape index (κ2) is 11.7. The number of nitrogens with one attached hydrogen (secondary N) is 1. The number of aliphatic hydroxyl groups excluding tert-OH is 1. The summed E-state index contributed by atoms with van der Waals surface area (Å²) in [5.41, 5.74) is 1.71. The number of aliphatic hydroxyl groups is 1. The molecule has 36 heavy (non-hydrogen) atoms. The molecule has 0 bridgehead atoms. The van der Waals surface area contributed by atoms with E-state index < -0.39 is 12.1 Å². The van der Waals surface area contributed by atoms with Gasteiger partial charge in [0.25, 0.3) is 11.8 Å². The van der Waals surface area contributed by atoms with Crippen molar-refractivity contribution in [2.75, 3.05) is 27.2 Å². The van der Waals surface area contributed by atoms with Crippen molar-refractivity contribution in [1.82, 2.24) is 20.0 Å². The van der Waals surface area contributed by atoms with Crippen molar-refractivity contribution in [3.8, 4) is 0 Å². The third kappa shape index (κ3) is 6.53. The minimum absolute atomic E-state index is 0.0640. The van der Waals surface area contributed by atoms with E-state index in [0.29, 0.717) is 48.7 Å². The van der Waals surface area contributed by atoms with Gasteiger partial charge in [-0.2, -0.15) is 0 Å². The van der Waals surface area contributed by atoms with Gasteiger partial charge >= 0.3 is 0 Å². The topological polar surface area (TPSA) is 76.1 Å². The first-order valence-corrected chi connectivity index (χ1v) is 12.0. The lowest BCUT2D eigenvalue weighted by atomic mass is 10.0. The molecule has 3 rings (SSSR count). The summed E-state index contributed by atoms with van der Waals surface area (Å²) in [6.07, 6.45) is 0.805. The van der Waals surface area contributed by atoms with E-state index in [-0.39, 0.29) is 23.8 Å². The predicted octanol–water partition coefficient (Wildman–Crippen LogP) is 3.52. The average molecular weight is 521 g/mol. The summed E-state index contributed by atoms with van der Waals surface area (Å²) in [6.45, 7) is 1.42. The van der Waals surface area contributed by atoms with Gasteiger partial charge in [0.2, 0.25) is 6.41 Å². The van der Waals surface area contributed by atoms with Gasteiger partial charge in [-0.05, 0) is 35.7 Å². The van der Waals surface area contributed by atoms with Crippen molar-refractivity contribution in [1.29, 1.82) is 0 Å². The molecule has 0 saturated carbocycles. The van der Waals surface area contributed by atoms with Crippen molar-refractivity contribution in [2.45, 2.75) is 38.4 Å². The maximum atomic E-state index is 14.0. The van der Waals surface area contributed by atoms with Crippen molar-refractivity contribution >= 4 is 23.9 Å². The number of amides is 2. The molecule has 0 spiro atoms. The summed E-state index contributed by atoms with van der Waals surface area (Å²) < 4.78 is 27.9. The fourth-order valence-electron chi connectivity index (χ4n) is 4.06. The second-order valence-corrected chi connectivity index (χ2v) is 9.36. The van der Waals surface area contributed by atoms with Crippen LogP contribution >= 0.6 is 11.6 Å². The number of nitrogens with zero attached hydrogens (tertiary/aromatic N) is 3. The molecule has 0 aliphatic carbocycles. The quantitative estimate of drug-likeness (QED) is 0.443. The van der Waals surface area contributed by atoms with Gasteiger partial charge in [0.15, 0.2) is 0 Å². The fraction of sp³-hybridized carbons (Fsp3) is 0.385. The van der Waals surface area contributed by atoms with Crippen LogP contribution in [0.15, 0.2) is 60.0 Å². The average Bonchev–Trinajstić information content (AvgIpc) is 3.20. The van der Waals surface area contributed by atoms with Gasteiger partial charge in [-0.15, -0.1) is 0 Å². The van der Waals surface area contributed by atoms with Gasteiger partial charge in [-0.25, -0.2) is 8.78 Å². The minimum atomic E-state index is -2.99. The van der Waals surface area contributed by atoms with Gasteiger partial charge in [0.05, 0.1) is 0 Å². The van der Waals surface area contributed by atoms with E-state index in [2.05, 4.69) is 5.32 Å². The van der Waals surface area contributed by atoms with Crippen LogP contribution in [-0.2, 0) is 28.5 Å². The molecule has 194 valence electrons. The van der Waals surface area contributed by atoms with Gasteiger partial charge < -0.3 is 25.1 Å². The highest BCUT2D eigenvalue weighted by Crippen LogP contribution is 2.31. The maximum Gasteiger partial charge on any atom is 0.273 e. The van der Waals surface area contributed by atoms with Crippen LogP contribution in [0, 0.1) is 0 Å². The first-order valence-electron chi connectivity index (χ1n) is 11.6. The Balaban J connectivity index is 2.02. The summed E-state index contributed by atoms with van der Waals surface area (Å²) in [6, 6.07) is 13.4. The normalized spacial score (nSPS) is 15.6. The molecule has 1 atom stereocenters. The van der Waals surface area contributed by atoms with Crippen molar-refractivity contribution in [2.24, 2.45) is 0 Å². The van der Waals surface area contributed by atoms with Crippen LogP contribution in [0.2, 0.25) is 5.02 Å². The molecule has 2 aromatic rings. The predicted molar refractivity (Wildman–Crippen MR) is 134 cm³/mol. The lowest BCUT2D eigenvalue weighted by Crippen LogP contribution is -2.42. The summed E-state index contributed by atoms with van der Waals surface area (Å²) in [5, 5.41) is 13.0. The van der Waals surface area contributed by atoms with E-state index in [1.54, 1.807) is 31.3 Å². The number of halogens is 3. The molecule has 1 aliphatic heterocycles. The lowest BCUT2D eigenvalue weighted by Gasteiger charge is -2.30. The van der Waals surface area contributed by atoms with Crippen molar-refractivity contribution in [3.63, 3.8) is 0 Å². The molecule has 2 aromatic carbocycles. The zero-order chi connectivity index (χ0) is 26.5. The molecule has 2 N–H and O–H groups in total. The summed E-state index contributed by atoms with van der Waals surface area (Å²) in [4.78, 5) is 29.9. The Bertz CT molecular complexity index is 1110. The van der Waals surface area contributed by atoms with E-state index in [4.69, 9.17) is 11.6 Å². The molecule has 10 heteroatoms. The largest absolute Gasteiger partial charge is 0.396 e. The number of hydrogen-bond donors (Lipinski definition) is 2. The molecule has 1 unspecified atom stereocenters. The highest BCUT2D eigenvalue weighted by atomic mass is 35.5. The van der Waals surface area contributed by atoms with Crippen LogP contribution in [-0.4, -0.2) is 65.5 Å². The number of hydrogen-bond acceptors (Lipinski definition) is 5. The maximum absolute atomic E-state index is 14.0. The van der Waals surface area contributed by atoms with Crippen molar-refractivity contribution < 1.29 is 23.5 Å². The van der Waals surface area contributed by atoms with Crippen LogP contribution in [0.4, 0.5) is 8.78 Å². The summed E-state index contributed by atoms with van der Waals surface area (Å²) in [7, 11) is 3.17. The number of carbonyl (C=O) groups is 2. The van der Waals surface area contributed by atoms with Crippen LogP contribution in [0.1, 0.15) is 30.0 Å². The molecular weight excluding hydrogens is 490 g/mol. The molecular formula is C26H31ClF2N4O3. The number of alkyl halides is 2. The van der Waals surface area contributed by atoms with Gasteiger partial charge in [0.1, 0.15) is 17.7 Å². The Morgan fingerprint density at radius 2 is 1.89 bits per heavy atom. The smallest absolute Gasteiger partial charge is 0.273 e. The lowest BCUT2D eigenvalue weighted by molar-refractivity contribution is -0.128. The first-order chi connectivity index (χ1) is 17.0. The van der Waals surface area contributed by atoms with Gasteiger partial charge in [-0.3, -0.25) is 9.59 Å². The van der Waals surface area contributed by atoms with Crippen LogP contribution in [0.5, 0.6) is 0 Å². The fourth-order valence-corrected chi connectivity index (χ4v) is 4.19.